The molecule has 0 aliphatic carbocycles. The summed E-state index contributed by atoms with van der Waals surface area (Å²) in [6.45, 7) is 9.63. The fraction of sp³-hybridized carbons (Fsp3) is 0.846. The molecule has 4 nitrogen and oxygen atoms in total. The number of ether oxygens (including phenoxy) is 1. The normalized spacial score (nSPS) is 14.5. The first-order chi connectivity index (χ1) is 14.5. The van der Waals surface area contributed by atoms with Gasteiger partial charge in [0.1, 0.15) is 0 Å². The molecule has 0 saturated heterocycles. The molecule has 0 aromatic heterocycles. The molecule has 2 unspecified atom stereocenters. The first-order valence-corrected chi connectivity index (χ1v) is 12.5. The van der Waals surface area contributed by atoms with Gasteiger partial charge < -0.3 is 9.84 Å². The maximum Gasteiger partial charge on any atom is 0.331 e. The van der Waals surface area contributed by atoms with Gasteiger partial charge in [-0.05, 0) is 37.0 Å². The molecule has 30 heavy (non-hydrogen) atoms. The van der Waals surface area contributed by atoms with Crippen molar-refractivity contribution in [2.24, 2.45) is 17.8 Å². The molecule has 176 valence electrons. The minimum Gasteiger partial charge on any atom is -0.478 e. The number of carboxylic acid groups (broad SMARTS) is 1. The van der Waals surface area contributed by atoms with Crippen LogP contribution in [0.1, 0.15) is 118 Å². The molecule has 0 amide bonds. The Kier molecular flexibility index (Phi) is 18.8. The van der Waals surface area contributed by atoms with Gasteiger partial charge in [-0.3, -0.25) is 0 Å². The van der Waals surface area contributed by atoms with E-state index in [2.05, 4.69) is 27.7 Å². The Bertz CT molecular complexity index is 440. The second-order valence-corrected chi connectivity index (χ2v) is 8.86. The van der Waals surface area contributed by atoms with Crippen molar-refractivity contribution in [3.05, 3.63) is 12.2 Å². The van der Waals surface area contributed by atoms with Gasteiger partial charge in [-0.15, -0.1) is 0 Å². The van der Waals surface area contributed by atoms with Crippen LogP contribution in [0.4, 0.5) is 0 Å². The van der Waals surface area contributed by atoms with Gasteiger partial charge >= 0.3 is 11.9 Å². The van der Waals surface area contributed by atoms with Crippen molar-refractivity contribution in [2.75, 3.05) is 6.61 Å². The van der Waals surface area contributed by atoms with E-state index in [1.54, 1.807) is 0 Å². The van der Waals surface area contributed by atoms with Crippen molar-refractivity contribution < 1.29 is 19.4 Å². The van der Waals surface area contributed by atoms with Crippen LogP contribution < -0.4 is 0 Å². The highest BCUT2D eigenvalue weighted by Gasteiger charge is 2.19. The lowest BCUT2D eigenvalue weighted by Crippen LogP contribution is -2.14. The largest absolute Gasteiger partial charge is 0.478 e. The number of carbonyl (C=O) groups is 2. The highest BCUT2D eigenvalue weighted by molar-refractivity contribution is 5.90. The van der Waals surface area contributed by atoms with Crippen LogP contribution in [0.5, 0.6) is 0 Å². The third-order valence-corrected chi connectivity index (χ3v) is 6.28. The highest BCUT2D eigenvalue weighted by atomic mass is 16.5. The van der Waals surface area contributed by atoms with Gasteiger partial charge in [0.05, 0.1) is 6.61 Å². The smallest absolute Gasteiger partial charge is 0.331 e. The van der Waals surface area contributed by atoms with E-state index in [1.165, 1.54) is 77.0 Å². The number of esters is 1. The zero-order chi connectivity index (χ0) is 22.6. The molecule has 1 N–H and O–H groups in total. The van der Waals surface area contributed by atoms with Crippen molar-refractivity contribution in [1.29, 1.82) is 0 Å². The van der Waals surface area contributed by atoms with Gasteiger partial charge in [0.2, 0.25) is 0 Å². The minimum absolute atomic E-state index is 0.371. The number of unbranched alkanes of at least 4 members (excludes halogenated alkanes) is 4. The van der Waals surface area contributed by atoms with Crippen molar-refractivity contribution >= 4 is 11.9 Å². The van der Waals surface area contributed by atoms with E-state index < -0.39 is 11.9 Å². The number of rotatable bonds is 20. The summed E-state index contributed by atoms with van der Waals surface area (Å²) in [5.41, 5.74) is 0. The molecule has 0 bridgehead atoms. The van der Waals surface area contributed by atoms with Crippen LogP contribution in [0.15, 0.2) is 12.2 Å². The quantitative estimate of drug-likeness (QED) is 0.124. The van der Waals surface area contributed by atoms with Crippen molar-refractivity contribution in [1.82, 2.24) is 0 Å². The summed E-state index contributed by atoms with van der Waals surface area (Å²) in [6.07, 6.45) is 19.5. The van der Waals surface area contributed by atoms with Crippen molar-refractivity contribution in [3.63, 3.8) is 0 Å². The zero-order valence-electron chi connectivity index (χ0n) is 20.2. The lowest BCUT2D eigenvalue weighted by molar-refractivity contribution is -0.138. The Hall–Kier alpha value is -1.32. The number of hydrogen-bond acceptors (Lipinski definition) is 3. The minimum atomic E-state index is -1.13. The summed E-state index contributed by atoms with van der Waals surface area (Å²) < 4.78 is 5.06. The van der Waals surface area contributed by atoms with E-state index in [0.29, 0.717) is 6.61 Å². The Morgan fingerprint density at radius 2 is 1.27 bits per heavy atom. The highest BCUT2D eigenvalue weighted by Crippen LogP contribution is 2.32. The van der Waals surface area contributed by atoms with Crippen molar-refractivity contribution in [3.8, 4) is 0 Å². The monoisotopic (exact) mass is 424 g/mol. The van der Waals surface area contributed by atoms with Gasteiger partial charge in [-0.2, -0.15) is 0 Å². The molecule has 0 aliphatic rings. The van der Waals surface area contributed by atoms with Crippen LogP contribution in [-0.2, 0) is 14.3 Å². The first-order valence-electron chi connectivity index (χ1n) is 12.5. The maximum absolute atomic E-state index is 11.4. The molecule has 0 radical (unpaired) electrons. The van der Waals surface area contributed by atoms with Crippen molar-refractivity contribution in [2.45, 2.75) is 118 Å². The van der Waals surface area contributed by atoms with Crippen LogP contribution in [-0.4, -0.2) is 23.7 Å². The molecule has 0 aromatic carbocycles. The van der Waals surface area contributed by atoms with Gasteiger partial charge in [0.25, 0.3) is 0 Å². The van der Waals surface area contributed by atoms with Gasteiger partial charge in [0.15, 0.2) is 0 Å². The van der Waals surface area contributed by atoms with Crippen LogP contribution in [0.25, 0.3) is 0 Å². The number of aliphatic carboxylic acids is 1. The lowest BCUT2D eigenvalue weighted by Gasteiger charge is -2.27. The van der Waals surface area contributed by atoms with Crippen LogP contribution in [0, 0.1) is 17.8 Å². The van der Waals surface area contributed by atoms with E-state index in [9.17, 15) is 9.59 Å². The van der Waals surface area contributed by atoms with Crippen LogP contribution in [0.3, 0.4) is 0 Å². The van der Waals surface area contributed by atoms with E-state index >= 15 is 0 Å². The number of carbonyl (C=O) groups excluding carboxylic acids is 1. The molecule has 0 heterocycles. The number of carboxylic acids is 1. The van der Waals surface area contributed by atoms with Gasteiger partial charge in [-0.25, -0.2) is 9.59 Å². The van der Waals surface area contributed by atoms with Crippen LogP contribution in [0.2, 0.25) is 0 Å². The standard InChI is InChI=1S/C26H48O4/c1-5-9-14-22(7-3)20-24(21-23(8-4)15-10-6-2)16-12-11-13-19-30-26(29)18-17-25(27)28/h17-18,22-24H,5-16,19-21H2,1-4H3,(H,27,28)/b18-17-. The summed E-state index contributed by atoms with van der Waals surface area (Å²) >= 11 is 0. The van der Waals surface area contributed by atoms with Gasteiger partial charge in [0, 0.05) is 12.2 Å². The van der Waals surface area contributed by atoms with E-state index in [1.807, 2.05) is 0 Å². The Morgan fingerprint density at radius 3 is 1.73 bits per heavy atom. The summed E-state index contributed by atoms with van der Waals surface area (Å²) in [5, 5.41) is 8.52. The molecule has 0 aromatic rings. The fourth-order valence-electron chi connectivity index (χ4n) is 4.31. The molecule has 4 heteroatoms. The second-order valence-electron chi connectivity index (χ2n) is 8.86. The molecule has 0 spiro atoms. The predicted octanol–water partition coefficient (Wildman–Crippen LogP) is 7.56. The third kappa shape index (κ3) is 16.5. The summed E-state index contributed by atoms with van der Waals surface area (Å²) in [5.74, 6) is 0.834. The molecule has 0 saturated carbocycles. The van der Waals surface area contributed by atoms with Gasteiger partial charge in [-0.1, -0.05) is 98.3 Å². The first kappa shape index (κ1) is 28.7. The summed E-state index contributed by atoms with van der Waals surface area (Å²) in [7, 11) is 0. The Balaban J connectivity index is 4.43. The topological polar surface area (TPSA) is 63.6 Å². The number of hydrogen-bond donors (Lipinski definition) is 1. The SMILES string of the molecule is CCCCC(CC)CC(CCCCCOC(=O)/C=C\C(=O)O)CC(CC)CCCC. The lowest BCUT2D eigenvalue weighted by atomic mass is 9.79. The zero-order valence-corrected chi connectivity index (χ0v) is 20.2. The predicted molar refractivity (Wildman–Crippen MR) is 126 cm³/mol. The van der Waals surface area contributed by atoms with Crippen LogP contribution >= 0.6 is 0 Å². The van der Waals surface area contributed by atoms with E-state index in [0.717, 1.165) is 42.7 Å². The Labute approximate surface area is 185 Å². The molecular formula is C26H48O4. The average molecular weight is 425 g/mol. The summed E-state index contributed by atoms with van der Waals surface area (Å²) in [4.78, 5) is 21.8. The molecule has 2 atom stereocenters. The average Bonchev–Trinajstić information content (AvgIpc) is 2.74. The van der Waals surface area contributed by atoms with E-state index in [4.69, 9.17) is 9.84 Å². The fourth-order valence-corrected chi connectivity index (χ4v) is 4.31. The molecule has 0 rings (SSSR count). The molecule has 0 fully saturated rings. The second kappa shape index (κ2) is 19.6. The Morgan fingerprint density at radius 1 is 0.733 bits per heavy atom. The third-order valence-electron chi connectivity index (χ3n) is 6.28. The molecule has 0 aliphatic heterocycles. The molecular weight excluding hydrogens is 376 g/mol. The van der Waals surface area contributed by atoms with E-state index in [-0.39, 0.29) is 0 Å². The maximum atomic E-state index is 11.4. The summed E-state index contributed by atoms with van der Waals surface area (Å²) in [6, 6.07) is 0.